The van der Waals surface area contributed by atoms with E-state index in [4.69, 9.17) is 4.43 Å². The van der Waals surface area contributed by atoms with Crippen molar-refractivity contribution in [3.05, 3.63) is 18.2 Å². The van der Waals surface area contributed by atoms with E-state index in [-0.39, 0.29) is 18.1 Å². The fourth-order valence-corrected chi connectivity index (χ4v) is 4.90. The summed E-state index contributed by atoms with van der Waals surface area (Å²) >= 11 is 1.36. The summed E-state index contributed by atoms with van der Waals surface area (Å²) in [6.07, 6.45) is 1.49. The van der Waals surface area contributed by atoms with Crippen LogP contribution in [0.3, 0.4) is 0 Å². The predicted molar refractivity (Wildman–Crippen MR) is 91.8 cm³/mol. The van der Waals surface area contributed by atoms with E-state index in [1.807, 2.05) is 23.1 Å². The van der Waals surface area contributed by atoms with Crippen LogP contribution in [0, 0.1) is 0 Å². The summed E-state index contributed by atoms with van der Waals surface area (Å²) in [6, 6.07) is 6.01. The van der Waals surface area contributed by atoms with Crippen LogP contribution >= 0.6 is 11.5 Å². The standard InChI is InChI=1S/C15H21N3O2SSi/c1-10(20-22(2,3)4)13-7-8-15(19)18(13)11-5-6-12-14(9-11)21-17-16-12/h5-6,9-10,13H,7-8H2,1-4H3/t10?,13-/m1/s1. The maximum atomic E-state index is 12.4. The van der Waals surface area contributed by atoms with Crippen molar-refractivity contribution < 1.29 is 9.22 Å². The minimum absolute atomic E-state index is 0.0494. The number of rotatable bonds is 4. The average molecular weight is 336 g/mol. The van der Waals surface area contributed by atoms with Gasteiger partial charge >= 0.3 is 0 Å². The topological polar surface area (TPSA) is 55.3 Å². The highest BCUT2D eigenvalue weighted by Gasteiger charge is 2.37. The molecule has 1 fully saturated rings. The first kappa shape index (κ1) is 15.6. The van der Waals surface area contributed by atoms with Gasteiger partial charge in [0.05, 0.1) is 16.8 Å². The molecule has 3 rings (SSSR count). The van der Waals surface area contributed by atoms with Crippen molar-refractivity contribution in [2.75, 3.05) is 4.90 Å². The van der Waals surface area contributed by atoms with Gasteiger partial charge in [-0.3, -0.25) is 4.79 Å². The number of aromatic nitrogens is 2. The Balaban J connectivity index is 1.90. The van der Waals surface area contributed by atoms with Crippen LogP contribution in [0.2, 0.25) is 19.6 Å². The highest BCUT2D eigenvalue weighted by molar-refractivity contribution is 7.12. The average Bonchev–Trinajstić information content (AvgIpc) is 3.01. The number of nitrogens with zero attached hydrogens (tertiary/aromatic N) is 3. The number of carbonyl (C=O) groups is 1. The molecular weight excluding hydrogens is 314 g/mol. The Morgan fingerprint density at radius 2 is 2.18 bits per heavy atom. The molecule has 1 aliphatic heterocycles. The minimum atomic E-state index is -1.63. The van der Waals surface area contributed by atoms with Crippen molar-refractivity contribution in [1.82, 2.24) is 9.59 Å². The van der Waals surface area contributed by atoms with Crippen molar-refractivity contribution in [3.8, 4) is 0 Å². The highest BCUT2D eigenvalue weighted by atomic mass is 32.1. The molecule has 0 spiro atoms. The van der Waals surface area contributed by atoms with E-state index in [9.17, 15) is 4.79 Å². The molecule has 0 aliphatic carbocycles. The number of hydrogen-bond acceptors (Lipinski definition) is 5. The first-order valence-electron chi connectivity index (χ1n) is 7.57. The molecule has 7 heteroatoms. The molecule has 0 bridgehead atoms. The Hall–Kier alpha value is -1.31. The predicted octanol–water partition coefficient (Wildman–Crippen LogP) is 3.43. The zero-order chi connectivity index (χ0) is 15.9. The number of hydrogen-bond donors (Lipinski definition) is 0. The van der Waals surface area contributed by atoms with E-state index in [1.54, 1.807) is 0 Å². The molecule has 1 unspecified atom stereocenters. The maximum Gasteiger partial charge on any atom is 0.227 e. The van der Waals surface area contributed by atoms with Gasteiger partial charge in [-0.15, -0.1) is 5.10 Å². The molecule has 5 nitrogen and oxygen atoms in total. The zero-order valence-corrected chi connectivity index (χ0v) is 15.2. The summed E-state index contributed by atoms with van der Waals surface area (Å²) in [5.74, 6) is 0.174. The molecule has 1 aromatic heterocycles. The first-order valence-corrected chi connectivity index (χ1v) is 11.8. The number of carbonyl (C=O) groups excluding carboxylic acids is 1. The zero-order valence-electron chi connectivity index (χ0n) is 13.4. The Labute approximate surface area is 135 Å². The van der Waals surface area contributed by atoms with Crippen LogP contribution < -0.4 is 4.90 Å². The number of anilines is 1. The Bertz CT molecular complexity index is 697. The lowest BCUT2D eigenvalue weighted by Gasteiger charge is -2.33. The summed E-state index contributed by atoms with van der Waals surface area (Å²) in [5.41, 5.74) is 1.81. The second-order valence-corrected chi connectivity index (χ2v) is 12.0. The van der Waals surface area contributed by atoms with Gasteiger partial charge in [0.1, 0.15) is 5.52 Å². The second-order valence-electron chi connectivity index (χ2n) is 6.73. The van der Waals surface area contributed by atoms with Gasteiger partial charge in [-0.1, -0.05) is 4.49 Å². The van der Waals surface area contributed by atoms with Gasteiger partial charge in [0.15, 0.2) is 8.32 Å². The Morgan fingerprint density at radius 1 is 1.41 bits per heavy atom. The maximum absolute atomic E-state index is 12.4. The molecular formula is C15H21N3O2SSi. The third-order valence-electron chi connectivity index (χ3n) is 3.84. The Kier molecular flexibility index (Phi) is 4.05. The fourth-order valence-electron chi connectivity index (χ4n) is 3.04. The quantitative estimate of drug-likeness (QED) is 0.803. The minimum Gasteiger partial charge on any atom is -0.413 e. The molecule has 2 heterocycles. The van der Waals surface area contributed by atoms with E-state index in [2.05, 4.69) is 36.2 Å². The van der Waals surface area contributed by atoms with Crippen LogP contribution in [0.25, 0.3) is 10.2 Å². The number of fused-ring (bicyclic) bond motifs is 1. The molecule has 0 radical (unpaired) electrons. The van der Waals surface area contributed by atoms with Crippen LogP contribution in [0.15, 0.2) is 18.2 Å². The van der Waals surface area contributed by atoms with Gasteiger partial charge < -0.3 is 9.33 Å². The Morgan fingerprint density at radius 3 is 2.91 bits per heavy atom. The monoisotopic (exact) mass is 335 g/mol. The summed E-state index contributed by atoms with van der Waals surface area (Å²) < 4.78 is 11.2. The molecule has 0 N–H and O–H groups in total. The van der Waals surface area contributed by atoms with Gasteiger partial charge in [-0.25, -0.2) is 0 Å². The van der Waals surface area contributed by atoms with Crippen LogP contribution in [0.4, 0.5) is 5.69 Å². The van der Waals surface area contributed by atoms with Gasteiger partial charge in [0, 0.05) is 12.1 Å². The van der Waals surface area contributed by atoms with E-state index < -0.39 is 8.32 Å². The normalized spacial score (nSPS) is 20.8. The van der Waals surface area contributed by atoms with Crippen LogP contribution in [-0.2, 0) is 9.22 Å². The van der Waals surface area contributed by atoms with Crippen LogP contribution in [0.1, 0.15) is 19.8 Å². The van der Waals surface area contributed by atoms with Gasteiger partial charge in [-0.05, 0) is 62.7 Å². The molecule has 1 amide bonds. The van der Waals surface area contributed by atoms with E-state index in [0.717, 1.165) is 22.3 Å². The fraction of sp³-hybridized carbons (Fsp3) is 0.533. The van der Waals surface area contributed by atoms with Crippen molar-refractivity contribution in [2.45, 2.75) is 51.6 Å². The van der Waals surface area contributed by atoms with Crippen molar-refractivity contribution in [2.24, 2.45) is 0 Å². The highest BCUT2D eigenvalue weighted by Crippen LogP contribution is 2.32. The van der Waals surface area contributed by atoms with Gasteiger partial charge in [0.2, 0.25) is 5.91 Å². The van der Waals surface area contributed by atoms with Gasteiger partial charge in [0.25, 0.3) is 0 Å². The largest absolute Gasteiger partial charge is 0.413 e. The molecule has 1 aromatic carbocycles. The lowest BCUT2D eigenvalue weighted by atomic mass is 10.1. The van der Waals surface area contributed by atoms with Crippen LogP contribution in [-0.4, -0.2) is 36.0 Å². The lowest BCUT2D eigenvalue weighted by Crippen LogP contribution is -2.45. The second kappa shape index (κ2) is 5.71. The molecule has 2 aromatic rings. The van der Waals surface area contributed by atoms with Crippen molar-refractivity contribution in [3.63, 3.8) is 0 Å². The molecule has 1 aliphatic rings. The first-order chi connectivity index (χ1) is 10.3. The van der Waals surface area contributed by atoms with Gasteiger partial charge in [-0.2, -0.15) is 0 Å². The van der Waals surface area contributed by atoms with E-state index >= 15 is 0 Å². The lowest BCUT2D eigenvalue weighted by molar-refractivity contribution is -0.117. The smallest absolute Gasteiger partial charge is 0.227 e. The third kappa shape index (κ3) is 3.06. The molecule has 22 heavy (non-hydrogen) atoms. The third-order valence-corrected chi connectivity index (χ3v) is 5.61. The number of amides is 1. The molecule has 0 saturated carbocycles. The number of benzene rings is 1. The van der Waals surface area contributed by atoms with Crippen LogP contribution in [0.5, 0.6) is 0 Å². The van der Waals surface area contributed by atoms with Crippen molar-refractivity contribution >= 4 is 41.7 Å². The summed E-state index contributed by atoms with van der Waals surface area (Å²) in [6.45, 7) is 8.63. The molecule has 118 valence electrons. The van der Waals surface area contributed by atoms with Crippen molar-refractivity contribution in [1.29, 1.82) is 0 Å². The summed E-state index contributed by atoms with van der Waals surface area (Å²) in [5, 5.41) is 4.05. The molecule has 1 saturated heterocycles. The molecule has 2 atom stereocenters. The summed E-state index contributed by atoms with van der Waals surface area (Å²) in [7, 11) is -1.63. The van der Waals surface area contributed by atoms with E-state index in [0.29, 0.717) is 6.42 Å². The van der Waals surface area contributed by atoms with E-state index in [1.165, 1.54) is 11.5 Å². The summed E-state index contributed by atoms with van der Waals surface area (Å²) in [4.78, 5) is 14.3. The SMILES string of the molecule is CC(O[Si](C)(C)C)[C@H]1CCC(=O)N1c1ccc2nnsc2c1.